The van der Waals surface area contributed by atoms with Gasteiger partial charge >= 0.3 is 5.97 Å². The van der Waals surface area contributed by atoms with Crippen molar-refractivity contribution in [3.05, 3.63) is 65.4 Å². The maximum atomic E-state index is 13.7. The van der Waals surface area contributed by atoms with E-state index in [-0.39, 0.29) is 17.3 Å². The molecule has 1 saturated carbocycles. The van der Waals surface area contributed by atoms with E-state index in [4.69, 9.17) is 9.52 Å². The molecule has 1 aliphatic rings. The van der Waals surface area contributed by atoms with Crippen LogP contribution in [0.4, 0.5) is 4.39 Å². The van der Waals surface area contributed by atoms with Crippen LogP contribution >= 0.6 is 0 Å². The summed E-state index contributed by atoms with van der Waals surface area (Å²) in [6.45, 7) is 1.58. The molecule has 118 valence electrons. The number of hydrogen-bond acceptors (Lipinski definition) is 3. The molecule has 1 fully saturated rings. The highest BCUT2D eigenvalue weighted by Gasteiger charge is 2.28. The van der Waals surface area contributed by atoms with Crippen LogP contribution in [0.25, 0.3) is 11.0 Å². The van der Waals surface area contributed by atoms with Crippen LogP contribution in [-0.4, -0.2) is 16.1 Å². The lowest BCUT2D eigenvalue weighted by Gasteiger charge is -2.00. The summed E-state index contributed by atoms with van der Waals surface area (Å²) >= 11 is 0. The third-order valence-electron chi connectivity index (χ3n) is 3.78. The number of carboxylic acid groups (broad SMARTS) is 1. The van der Waals surface area contributed by atoms with Gasteiger partial charge in [0.15, 0.2) is 0 Å². The Morgan fingerprint density at radius 1 is 1.26 bits per heavy atom. The zero-order chi connectivity index (χ0) is 16.4. The molecule has 0 saturated heterocycles. The van der Waals surface area contributed by atoms with Crippen LogP contribution in [0.15, 0.2) is 47.1 Å². The maximum absolute atomic E-state index is 13.7. The van der Waals surface area contributed by atoms with Crippen molar-refractivity contribution in [1.82, 2.24) is 4.98 Å². The van der Waals surface area contributed by atoms with Gasteiger partial charge in [-0.25, -0.2) is 9.18 Å². The molecule has 1 aromatic carbocycles. The van der Waals surface area contributed by atoms with E-state index in [2.05, 4.69) is 4.98 Å². The number of halogens is 1. The smallest absolute Gasteiger partial charge is 0.339 e. The zero-order valence-corrected chi connectivity index (χ0v) is 12.6. The number of aromatic carboxylic acids is 1. The first-order chi connectivity index (χ1) is 11.1. The van der Waals surface area contributed by atoms with Crippen LogP contribution in [0.2, 0.25) is 0 Å². The summed E-state index contributed by atoms with van der Waals surface area (Å²) in [6, 6.07) is 8.64. The van der Waals surface area contributed by atoms with E-state index < -0.39 is 5.97 Å². The number of furan rings is 1. The Balaban J connectivity index is 0.000000220. The SMILES string of the molecule is Cc1oc2cc(F)c(C3CC3)cc2c1C(=O)O.c1ccncc1. The van der Waals surface area contributed by atoms with Gasteiger partial charge in [-0.2, -0.15) is 0 Å². The highest BCUT2D eigenvalue weighted by Crippen LogP contribution is 2.43. The molecule has 3 aromatic rings. The Kier molecular flexibility index (Phi) is 4.10. The molecule has 1 N–H and O–H groups in total. The van der Waals surface area contributed by atoms with Crippen LogP contribution in [0, 0.1) is 12.7 Å². The summed E-state index contributed by atoms with van der Waals surface area (Å²) in [4.78, 5) is 14.9. The monoisotopic (exact) mass is 313 g/mol. The Labute approximate surface area is 132 Å². The molecule has 4 rings (SSSR count). The lowest BCUT2D eigenvalue weighted by atomic mass is 10.0. The van der Waals surface area contributed by atoms with Gasteiger partial charge in [-0.3, -0.25) is 4.98 Å². The molecule has 0 amide bonds. The van der Waals surface area contributed by atoms with Gasteiger partial charge in [0, 0.05) is 23.8 Å². The molecule has 5 heteroatoms. The number of pyridine rings is 1. The highest BCUT2D eigenvalue weighted by molar-refractivity contribution is 6.03. The van der Waals surface area contributed by atoms with Crippen LogP contribution in [0.5, 0.6) is 0 Å². The standard InChI is InChI=1S/C13H11FO3.C5H5N/c1-6-12(13(15)16)9-4-8(7-2-3-7)10(14)5-11(9)17-6;1-2-4-6-5-3-1/h4-5,7H,2-3H2,1H3,(H,15,16);1-5H. The van der Waals surface area contributed by atoms with Gasteiger partial charge in [-0.1, -0.05) is 6.07 Å². The molecule has 0 aliphatic heterocycles. The van der Waals surface area contributed by atoms with Crippen LogP contribution in [0.3, 0.4) is 0 Å². The lowest BCUT2D eigenvalue weighted by Crippen LogP contribution is -1.97. The molecule has 0 atom stereocenters. The Morgan fingerprint density at radius 3 is 2.43 bits per heavy atom. The number of benzene rings is 1. The molecule has 2 heterocycles. The van der Waals surface area contributed by atoms with E-state index in [9.17, 15) is 9.18 Å². The average molecular weight is 313 g/mol. The molecule has 2 aromatic heterocycles. The van der Waals surface area contributed by atoms with Gasteiger partial charge in [-0.15, -0.1) is 0 Å². The second kappa shape index (κ2) is 6.20. The summed E-state index contributed by atoms with van der Waals surface area (Å²) in [6.07, 6.45) is 5.45. The van der Waals surface area contributed by atoms with Crippen molar-refractivity contribution in [1.29, 1.82) is 0 Å². The van der Waals surface area contributed by atoms with E-state index in [0.717, 1.165) is 12.8 Å². The van der Waals surface area contributed by atoms with Gasteiger partial charge < -0.3 is 9.52 Å². The van der Waals surface area contributed by atoms with Crippen molar-refractivity contribution in [2.75, 3.05) is 0 Å². The number of rotatable bonds is 2. The normalized spacial score (nSPS) is 13.5. The number of carbonyl (C=O) groups is 1. The van der Waals surface area contributed by atoms with Crippen molar-refractivity contribution >= 4 is 16.9 Å². The number of fused-ring (bicyclic) bond motifs is 1. The van der Waals surface area contributed by atoms with Gasteiger partial charge in [0.2, 0.25) is 0 Å². The van der Waals surface area contributed by atoms with Crippen molar-refractivity contribution < 1.29 is 18.7 Å². The zero-order valence-electron chi connectivity index (χ0n) is 12.6. The number of aryl methyl sites for hydroxylation is 1. The molecule has 1 aliphatic carbocycles. The first kappa shape index (κ1) is 15.2. The predicted molar refractivity (Wildman–Crippen MR) is 84.1 cm³/mol. The van der Waals surface area contributed by atoms with Crippen molar-refractivity contribution in [2.24, 2.45) is 0 Å². The van der Waals surface area contributed by atoms with Gasteiger partial charge in [0.25, 0.3) is 0 Å². The third kappa shape index (κ3) is 3.23. The molecule has 0 bridgehead atoms. The summed E-state index contributed by atoms with van der Waals surface area (Å²) < 4.78 is 19.0. The first-order valence-corrected chi connectivity index (χ1v) is 7.38. The molecule has 0 unspecified atom stereocenters. The number of aromatic nitrogens is 1. The van der Waals surface area contributed by atoms with Gasteiger partial charge in [-0.05, 0) is 49.4 Å². The third-order valence-corrected chi connectivity index (χ3v) is 3.78. The second-order valence-electron chi connectivity index (χ2n) is 5.51. The minimum Gasteiger partial charge on any atom is -0.478 e. The summed E-state index contributed by atoms with van der Waals surface area (Å²) in [5.74, 6) is -0.767. The number of nitrogens with zero attached hydrogens (tertiary/aromatic N) is 1. The summed E-state index contributed by atoms with van der Waals surface area (Å²) in [7, 11) is 0. The summed E-state index contributed by atoms with van der Waals surface area (Å²) in [5.41, 5.74) is 1.06. The van der Waals surface area contributed by atoms with Crippen LogP contribution in [-0.2, 0) is 0 Å². The van der Waals surface area contributed by atoms with E-state index >= 15 is 0 Å². The van der Waals surface area contributed by atoms with Crippen LogP contribution < -0.4 is 0 Å². The predicted octanol–water partition coefficient (Wildman–Crippen LogP) is 4.54. The highest BCUT2D eigenvalue weighted by atomic mass is 19.1. The first-order valence-electron chi connectivity index (χ1n) is 7.38. The van der Waals surface area contributed by atoms with E-state index in [1.54, 1.807) is 25.4 Å². The quantitative estimate of drug-likeness (QED) is 0.754. The van der Waals surface area contributed by atoms with Gasteiger partial charge in [0.1, 0.15) is 22.7 Å². The molecular weight excluding hydrogens is 297 g/mol. The largest absolute Gasteiger partial charge is 0.478 e. The van der Waals surface area contributed by atoms with Crippen molar-refractivity contribution in [2.45, 2.75) is 25.7 Å². The average Bonchev–Trinajstić information content (AvgIpc) is 3.31. The molecule has 23 heavy (non-hydrogen) atoms. The fourth-order valence-corrected chi connectivity index (χ4v) is 2.54. The van der Waals surface area contributed by atoms with E-state index in [1.807, 2.05) is 18.2 Å². The van der Waals surface area contributed by atoms with E-state index in [1.165, 1.54) is 6.07 Å². The van der Waals surface area contributed by atoms with Crippen molar-refractivity contribution in [3.8, 4) is 0 Å². The lowest BCUT2D eigenvalue weighted by molar-refractivity contribution is 0.0697. The van der Waals surface area contributed by atoms with Crippen LogP contribution in [0.1, 0.15) is 40.4 Å². The fraction of sp³-hybridized carbons (Fsp3) is 0.222. The fourth-order valence-electron chi connectivity index (χ4n) is 2.54. The van der Waals surface area contributed by atoms with Crippen molar-refractivity contribution in [3.63, 3.8) is 0 Å². The van der Waals surface area contributed by atoms with Gasteiger partial charge in [0.05, 0.1) is 0 Å². The van der Waals surface area contributed by atoms with E-state index in [0.29, 0.717) is 22.3 Å². The minimum atomic E-state index is -1.03. The Hall–Kier alpha value is -2.69. The summed E-state index contributed by atoms with van der Waals surface area (Å²) in [5, 5.41) is 9.61. The minimum absolute atomic E-state index is 0.141. The maximum Gasteiger partial charge on any atom is 0.339 e. The Morgan fingerprint density at radius 2 is 1.96 bits per heavy atom. The topological polar surface area (TPSA) is 63.3 Å². The molecule has 4 nitrogen and oxygen atoms in total. The molecule has 0 spiro atoms. The second-order valence-corrected chi connectivity index (χ2v) is 5.51. The molecule has 0 radical (unpaired) electrons. The number of hydrogen-bond donors (Lipinski definition) is 1. The molecular formula is C18H16FNO3. The number of carboxylic acids is 1. The Bertz CT molecular complexity index is 812.